The minimum atomic E-state index is -0.504. The predicted octanol–water partition coefficient (Wildman–Crippen LogP) is 2.12. The smallest absolute Gasteiger partial charge is 0.186 e. The predicted molar refractivity (Wildman–Crippen MR) is 79.6 cm³/mol. The van der Waals surface area contributed by atoms with Crippen molar-refractivity contribution in [3.8, 4) is 0 Å². The van der Waals surface area contributed by atoms with Crippen molar-refractivity contribution in [1.82, 2.24) is 0 Å². The fourth-order valence-corrected chi connectivity index (χ4v) is 3.54. The maximum Gasteiger partial charge on any atom is 0.186 e. The molecule has 0 aromatic carbocycles. The fourth-order valence-electron chi connectivity index (χ4n) is 3.14. The van der Waals surface area contributed by atoms with Gasteiger partial charge in [0.1, 0.15) is 24.4 Å². The number of halogens is 1. The molecule has 5 nitrogen and oxygen atoms in total. The molecule has 0 aliphatic carbocycles. The molecule has 2 aliphatic rings. The molecule has 2 fully saturated rings. The molecule has 0 radical (unpaired) electrons. The van der Waals surface area contributed by atoms with Crippen molar-refractivity contribution >= 4 is 11.6 Å². The first-order chi connectivity index (χ1) is 10.2. The fraction of sp³-hybridized carbons (Fsp3) is 0.867. The van der Waals surface area contributed by atoms with Crippen LogP contribution in [0, 0.1) is 0 Å². The topological polar surface area (TPSA) is 46.2 Å². The van der Waals surface area contributed by atoms with E-state index >= 15 is 0 Å². The van der Waals surface area contributed by atoms with Gasteiger partial charge in [-0.1, -0.05) is 6.08 Å². The summed E-state index contributed by atoms with van der Waals surface area (Å²) in [6.07, 6.45) is 2.90. The quantitative estimate of drug-likeness (QED) is 0.554. The Kier molecular flexibility index (Phi) is 6.47. The van der Waals surface area contributed by atoms with Gasteiger partial charge in [0, 0.05) is 21.3 Å². The van der Waals surface area contributed by atoms with Crippen LogP contribution in [0.3, 0.4) is 0 Å². The number of methoxy groups -OCH3 is 3. The molecule has 21 heavy (non-hydrogen) atoms. The first-order valence-electron chi connectivity index (χ1n) is 7.30. The third-order valence-electron chi connectivity index (χ3n) is 4.19. The largest absolute Gasteiger partial charge is 0.376 e. The highest BCUT2D eigenvalue weighted by molar-refractivity contribution is 6.21. The van der Waals surface area contributed by atoms with E-state index < -0.39 is 6.29 Å². The maximum absolute atomic E-state index is 6.52. The van der Waals surface area contributed by atoms with E-state index in [9.17, 15) is 0 Å². The molecule has 0 unspecified atom stereocenters. The summed E-state index contributed by atoms with van der Waals surface area (Å²) in [6.45, 7) is 3.75. The molecule has 0 N–H and O–H groups in total. The van der Waals surface area contributed by atoms with Crippen molar-refractivity contribution < 1.29 is 23.7 Å². The first-order valence-corrected chi connectivity index (χ1v) is 7.74. The van der Waals surface area contributed by atoms with Crippen molar-refractivity contribution in [1.29, 1.82) is 0 Å². The van der Waals surface area contributed by atoms with Crippen molar-refractivity contribution in [3.63, 3.8) is 0 Å². The van der Waals surface area contributed by atoms with Gasteiger partial charge in [-0.2, -0.15) is 0 Å². The zero-order valence-corrected chi connectivity index (χ0v) is 13.6. The van der Waals surface area contributed by atoms with Crippen LogP contribution in [-0.2, 0) is 23.7 Å². The van der Waals surface area contributed by atoms with Gasteiger partial charge in [0.2, 0.25) is 0 Å². The highest BCUT2D eigenvalue weighted by Crippen LogP contribution is 2.37. The van der Waals surface area contributed by atoms with E-state index in [4.69, 9.17) is 35.3 Å². The molecule has 2 rings (SSSR count). The monoisotopic (exact) mass is 320 g/mol. The SMILES string of the molecule is C=CCC[C@@H]1C[C@H](Cl)[C@H]2O[C@H](OC)[C@H](OC)[C@@H](OC)[C@@H]2O1. The number of hydrogen-bond donors (Lipinski definition) is 0. The lowest BCUT2D eigenvalue weighted by Gasteiger charge is -2.50. The van der Waals surface area contributed by atoms with Crippen LogP contribution in [0.15, 0.2) is 12.7 Å². The normalized spacial score (nSPS) is 43.3. The van der Waals surface area contributed by atoms with Crippen LogP contribution in [0.25, 0.3) is 0 Å². The van der Waals surface area contributed by atoms with Crippen molar-refractivity contribution in [2.75, 3.05) is 21.3 Å². The number of allylic oxidation sites excluding steroid dienone is 1. The zero-order valence-electron chi connectivity index (χ0n) is 12.9. The Morgan fingerprint density at radius 3 is 2.38 bits per heavy atom. The molecule has 7 atom stereocenters. The van der Waals surface area contributed by atoms with Gasteiger partial charge in [0.05, 0.1) is 11.5 Å². The van der Waals surface area contributed by atoms with Gasteiger partial charge in [-0.05, 0) is 19.3 Å². The lowest BCUT2D eigenvalue weighted by Crippen LogP contribution is -2.65. The molecule has 0 saturated carbocycles. The Labute approximate surface area is 131 Å². The van der Waals surface area contributed by atoms with Crippen LogP contribution in [0.4, 0.5) is 0 Å². The Morgan fingerprint density at radius 2 is 1.81 bits per heavy atom. The molecule has 2 saturated heterocycles. The van der Waals surface area contributed by atoms with Crippen LogP contribution >= 0.6 is 11.6 Å². The summed E-state index contributed by atoms with van der Waals surface area (Å²) in [7, 11) is 4.85. The lowest BCUT2D eigenvalue weighted by atomic mass is 9.90. The molecule has 2 heterocycles. The van der Waals surface area contributed by atoms with Gasteiger partial charge in [0.15, 0.2) is 6.29 Å². The van der Waals surface area contributed by atoms with Crippen LogP contribution < -0.4 is 0 Å². The second-order valence-electron chi connectivity index (χ2n) is 5.45. The van der Waals surface area contributed by atoms with Crippen LogP contribution in [0.2, 0.25) is 0 Å². The molecule has 0 bridgehead atoms. The summed E-state index contributed by atoms with van der Waals surface area (Å²) in [5, 5.41) is -0.133. The van der Waals surface area contributed by atoms with E-state index in [0.29, 0.717) is 0 Å². The van der Waals surface area contributed by atoms with Gasteiger partial charge >= 0.3 is 0 Å². The van der Waals surface area contributed by atoms with E-state index in [-0.39, 0.29) is 35.9 Å². The summed E-state index contributed by atoms with van der Waals surface area (Å²) in [6, 6.07) is 0. The minimum absolute atomic E-state index is 0.0876. The second-order valence-corrected chi connectivity index (χ2v) is 6.01. The van der Waals surface area contributed by atoms with Gasteiger partial charge in [-0.15, -0.1) is 18.2 Å². The average molecular weight is 321 g/mol. The van der Waals surface area contributed by atoms with E-state index in [1.54, 1.807) is 21.3 Å². The summed E-state index contributed by atoms with van der Waals surface area (Å²) in [5.41, 5.74) is 0. The van der Waals surface area contributed by atoms with Crippen molar-refractivity contribution in [2.45, 2.75) is 61.4 Å². The highest BCUT2D eigenvalue weighted by Gasteiger charge is 2.52. The molecule has 122 valence electrons. The molecule has 0 aromatic rings. The third kappa shape index (κ3) is 3.60. The van der Waals surface area contributed by atoms with E-state index in [1.165, 1.54) is 0 Å². The van der Waals surface area contributed by atoms with Gasteiger partial charge < -0.3 is 23.7 Å². The molecular weight excluding hydrogens is 296 g/mol. The minimum Gasteiger partial charge on any atom is -0.376 e. The highest BCUT2D eigenvalue weighted by atomic mass is 35.5. The van der Waals surface area contributed by atoms with E-state index in [1.807, 2.05) is 6.08 Å². The summed E-state index contributed by atoms with van der Waals surface area (Å²) in [4.78, 5) is 0. The van der Waals surface area contributed by atoms with Crippen LogP contribution in [0.5, 0.6) is 0 Å². The van der Waals surface area contributed by atoms with Gasteiger partial charge in [0.25, 0.3) is 0 Å². The lowest BCUT2D eigenvalue weighted by molar-refractivity contribution is -0.321. The molecule has 6 heteroatoms. The zero-order chi connectivity index (χ0) is 15.4. The average Bonchev–Trinajstić information content (AvgIpc) is 2.51. The number of rotatable bonds is 6. The maximum atomic E-state index is 6.52. The van der Waals surface area contributed by atoms with Crippen molar-refractivity contribution in [3.05, 3.63) is 12.7 Å². The summed E-state index contributed by atoms with van der Waals surface area (Å²) < 4.78 is 28.6. The summed E-state index contributed by atoms with van der Waals surface area (Å²) >= 11 is 6.52. The molecule has 0 spiro atoms. The molecule has 0 amide bonds. The van der Waals surface area contributed by atoms with Crippen LogP contribution in [0.1, 0.15) is 19.3 Å². The Hall–Kier alpha value is -0.170. The van der Waals surface area contributed by atoms with E-state index in [2.05, 4.69) is 6.58 Å². The summed E-state index contributed by atoms with van der Waals surface area (Å²) in [5.74, 6) is 0. The van der Waals surface area contributed by atoms with Gasteiger partial charge in [-0.25, -0.2) is 0 Å². The second kappa shape index (κ2) is 7.90. The van der Waals surface area contributed by atoms with Crippen LogP contribution in [-0.4, -0.2) is 63.5 Å². The molecule has 0 aromatic heterocycles. The molecular formula is C15H25ClO5. The number of ether oxygens (including phenoxy) is 5. The number of fused-ring (bicyclic) bond motifs is 1. The van der Waals surface area contributed by atoms with E-state index in [0.717, 1.165) is 19.3 Å². The standard InChI is InChI=1S/C15H25ClO5/c1-5-6-7-9-8-10(16)11-13(20-9)12(17-2)14(18-3)15(19-4)21-11/h5,9-15H,1,6-8H2,2-4H3/t9-,10+,11-,12+,13-,14-,15+/m1/s1. The Bertz CT molecular complexity index is 340. The third-order valence-corrected chi connectivity index (χ3v) is 4.62. The number of hydrogen-bond acceptors (Lipinski definition) is 5. The number of alkyl halides is 1. The van der Waals surface area contributed by atoms with Gasteiger partial charge in [-0.3, -0.25) is 0 Å². The van der Waals surface area contributed by atoms with Crippen molar-refractivity contribution in [2.24, 2.45) is 0 Å². The first kappa shape index (κ1) is 17.2. The Balaban J connectivity index is 2.14. The Morgan fingerprint density at radius 1 is 1.10 bits per heavy atom. The molecule has 2 aliphatic heterocycles.